The van der Waals surface area contributed by atoms with Crippen LogP contribution in [-0.2, 0) is 0 Å². The van der Waals surface area contributed by atoms with E-state index in [9.17, 15) is 5.11 Å². The van der Waals surface area contributed by atoms with Crippen LogP contribution in [0.1, 0.15) is 43.7 Å². The van der Waals surface area contributed by atoms with E-state index in [1.54, 1.807) is 0 Å². The van der Waals surface area contributed by atoms with Crippen LogP contribution in [0.15, 0.2) is 12.1 Å². The molecule has 0 aliphatic heterocycles. The zero-order valence-electron chi connectivity index (χ0n) is 11.9. The quantitative estimate of drug-likeness (QED) is 0.808. The monoisotopic (exact) mass is 285 g/mol. The molecule has 0 spiro atoms. The summed E-state index contributed by atoms with van der Waals surface area (Å²) in [5, 5.41) is 10.5. The molecule has 2 unspecified atom stereocenters. The molecule has 0 fully saturated rings. The lowest BCUT2D eigenvalue weighted by Gasteiger charge is -2.22. The molecule has 3 nitrogen and oxygen atoms in total. The molecule has 0 aliphatic carbocycles. The maximum absolute atomic E-state index is 9.77. The maximum Gasteiger partial charge on any atom is 0.123 e. The Morgan fingerprint density at radius 2 is 2.05 bits per heavy atom. The predicted molar refractivity (Wildman–Crippen MR) is 80.1 cm³/mol. The van der Waals surface area contributed by atoms with Crippen LogP contribution < -0.4 is 10.5 Å². The zero-order valence-corrected chi connectivity index (χ0v) is 12.7. The summed E-state index contributed by atoms with van der Waals surface area (Å²) < 4.78 is 5.70. The molecule has 4 heteroatoms. The summed E-state index contributed by atoms with van der Waals surface area (Å²) in [6, 6.07) is 3.93. The highest BCUT2D eigenvalue weighted by Crippen LogP contribution is 2.36. The van der Waals surface area contributed by atoms with Gasteiger partial charge in [0.25, 0.3) is 0 Å². The molecule has 108 valence electrons. The van der Waals surface area contributed by atoms with Gasteiger partial charge in [-0.1, -0.05) is 18.5 Å². The Morgan fingerprint density at radius 1 is 1.37 bits per heavy atom. The summed E-state index contributed by atoms with van der Waals surface area (Å²) in [7, 11) is 0. The average molecular weight is 286 g/mol. The summed E-state index contributed by atoms with van der Waals surface area (Å²) in [6.45, 7) is 6.91. The Balaban J connectivity index is 3.09. The lowest BCUT2D eigenvalue weighted by atomic mass is 9.89. The lowest BCUT2D eigenvalue weighted by molar-refractivity contribution is 0.161. The number of benzene rings is 1. The van der Waals surface area contributed by atoms with Crippen LogP contribution in [0.2, 0.25) is 5.02 Å². The van der Waals surface area contributed by atoms with Gasteiger partial charge in [-0.2, -0.15) is 0 Å². The number of aliphatic hydroxyl groups excluding tert-OH is 1. The van der Waals surface area contributed by atoms with Crippen molar-refractivity contribution < 1.29 is 9.84 Å². The van der Waals surface area contributed by atoms with Crippen LogP contribution in [0.25, 0.3) is 0 Å². The molecular formula is C15H24ClNO2. The van der Waals surface area contributed by atoms with E-state index in [1.807, 2.05) is 26.0 Å². The smallest absolute Gasteiger partial charge is 0.123 e. The normalized spacial score (nSPS) is 14.2. The van der Waals surface area contributed by atoms with E-state index >= 15 is 0 Å². The zero-order chi connectivity index (χ0) is 14.4. The van der Waals surface area contributed by atoms with E-state index in [-0.39, 0.29) is 12.5 Å². The molecule has 0 aromatic heterocycles. The van der Waals surface area contributed by atoms with E-state index in [1.165, 1.54) is 0 Å². The molecule has 0 aliphatic rings. The first-order chi connectivity index (χ1) is 9.03. The number of aryl methyl sites for hydroxylation is 1. The summed E-state index contributed by atoms with van der Waals surface area (Å²) in [5.74, 6) is 1.07. The van der Waals surface area contributed by atoms with Crippen molar-refractivity contribution >= 4 is 11.6 Å². The van der Waals surface area contributed by atoms with Crippen LogP contribution in [0.3, 0.4) is 0 Å². The number of hydrogen-bond donors (Lipinski definition) is 2. The van der Waals surface area contributed by atoms with Crippen molar-refractivity contribution in [1.82, 2.24) is 0 Å². The highest BCUT2D eigenvalue weighted by atomic mass is 35.5. The number of hydrogen-bond acceptors (Lipinski definition) is 3. The molecule has 0 saturated heterocycles. The Morgan fingerprint density at radius 3 is 2.58 bits per heavy atom. The van der Waals surface area contributed by atoms with Crippen molar-refractivity contribution in [3.05, 3.63) is 28.3 Å². The van der Waals surface area contributed by atoms with Crippen molar-refractivity contribution in [2.45, 2.75) is 45.6 Å². The van der Waals surface area contributed by atoms with E-state index in [0.717, 1.165) is 28.3 Å². The second-order valence-corrected chi connectivity index (χ2v) is 5.21. The fourth-order valence-electron chi connectivity index (χ4n) is 2.21. The van der Waals surface area contributed by atoms with Gasteiger partial charge in [0.1, 0.15) is 5.75 Å². The molecule has 1 aromatic rings. The number of aliphatic hydroxyl groups is 1. The minimum absolute atomic E-state index is 0.207. The average Bonchev–Trinajstić information content (AvgIpc) is 2.40. The third kappa shape index (κ3) is 4.37. The Kier molecular flexibility index (Phi) is 6.63. The first-order valence-corrected chi connectivity index (χ1v) is 7.22. The summed E-state index contributed by atoms with van der Waals surface area (Å²) in [6.07, 6.45) is 1.06. The van der Waals surface area contributed by atoms with Crippen molar-refractivity contribution in [3.8, 4) is 5.75 Å². The molecule has 0 radical (unpaired) electrons. The van der Waals surface area contributed by atoms with Crippen molar-refractivity contribution in [2.75, 3.05) is 13.2 Å². The third-order valence-electron chi connectivity index (χ3n) is 3.35. The predicted octanol–water partition coefficient (Wildman–Crippen LogP) is 3.25. The van der Waals surface area contributed by atoms with Gasteiger partial charge < -0.3 is 15.6 Å². The molecule has 19 heavy (non-hydrogen) atoms. The van der Waals surface area contributed by atoms with Gasteiger partial charge in [-0.05, 0) is 55.9 Å². The van der Waals surface area contributed by atoms with Crippen molar-refractivity contribution in [1.29, 1.82) is 0 Å². The molecule has 2 atom stereocenters. The largest absolute Gasteiger partial charge is 0.494 e. The molecule has 0 amide bonds. The van der Waals surface area contributed by atoms with Gasteiger partial charge in [-0.3, -0.25) is 0 Å². The van der Waals surface area contributed by atoms with Crippen LogP contribution in [0.5, 0.6) is 5.75 Å². The lowest BCUT2D eigenvalue weighted by Crippen LogP contribution is -2.22. The Hall–Kier alpha value is -0.770. The van der Waals surface area contributed by atoms with Crippen molar-refractivity contribution in [3.63, 3.8) is 0 Å². The standard InChI is InChI=1S/C15H24ClNO2/c1-4-11(7-12(18)9-17)13-8-14(16)10(3)6-15(13)19-5-2/h6,8,11-12,18H,4-5,7,9,17H2,1-3H3. The molecule has 1 aromatic carbocycles. The van der Waals surface area contributed by atoms with Gasteiger partial charge in [0.15, 0.2) is 0 Å². The minimum atomic E-state index is -0.487. The minimum Gasteiger partial charge on any atom is -0.494 e. The Labute approximate surface area is 120 Å². The molecule has 0 bridgehead atoms. The van der Waals surface area contributed by atoms with Crippen LogP contribution in [0, 0.1) is 6.92 Å². The number of halogens is 1. The summed E-state index contributed by atoms with van der Waals surface area (Å²) in [5.41, 5.74) is 7.56. The number of rotatable bonds is 7. The van der Waals surface area contributed by atoms with E-state index in [4.69, 9.17) is 22.1 Å². The first kappa shape index (κ1) is 16.3. The van der Waals surface area contributed by atoms with Gasteiger partial charge in [0, 0.05) is 11.6 Å². The Bertz CT molecular complexity index is 409. The van der Waals surface area contributed by atoms with E-state index in [2.05, 4.69) is 6.92 Å². The first-order valence-electron chi connectivity index (χ1n) is 6.84. The van der Waals surface area contributed by atoms with Gasteiger partial charge in [-0.15, -0.1) is 0 Å². The van der Waals surface area contributed by atoms with Crippen molar-refractivity contribution in [2.24, 2.45) is 5.73 Å². The second kappa shape index (κ2) is 7.73. The van der Waals surface area contributed by atoms with Gasteiger partial charge in [0.05, 0.1) is 12.7 Å². The second-order valence-electron chi connectivity index (χ2n) is 4.80. The van der Waals surface area contributed by atoms with Gasteiger partial charge in [0.2, 0.25) is 0 Å². The third-order valence-corrected chi connectivity index (χ3v) is 3.76. The van der Waals surface area contributed by atoms with Crippen LogP contribution in [-0.4, -0.2) is 24.4 Å². The number of nitrogens with two attached hydrogens (primary N) is 1. The maximum atomic E-state index is 9.77. The number of ether oxygens (including phenoxy) is 1. The van der Waals surface area contributed by atoms with Crippen LogP contribution in [0.4, 0.5) is 0 Å². The molecule has 1 rings (SSSR count). The highest BCUT2D eigenvalue weighted by molar-refractivity contribution is 6.31. The molecule has 0 heterocycles. The molecular weight excluding hydrogens is 262 g/mol. The van der Waals surface area contributed by atoms with E-state index in [0.29, 0.717) is 13.0 Å². The SMILES string of the molecule is CCOc1cc(C)c(Cl)cc1C(CC)CC(O)CN. The topological polar surface area (TPSA) is 55.5 Å². The molecule has 3 N–H and O–H groups in total. The van der Waals surface area contributed by atoms with Gasteiger partial charge >= 0.3 is 0 Å². The highest BCUT2D eigenvalue weighted by Gasteiger charge is 2.19. The van der Waals surface area contributed by atoms with Crippen LogP contribution >= 0.6 is 11.6 Å². The summed E-state index contributed by atoms with van der Waals surface area (Å²) >= 11 is 6.21. The van der Waals surface area contributed by atoms with Gasteiger partial charge in [-0.25, -0.2) is 0 Å². The fraction of sp³-hybridized carbons (Fsp3) is 0.600. The fourth-order valence-corrected chi connectivity index (χ4v) is 2.38. The summed E-state index contributed by atoms with van der Waals surface area (Å²) in [4.78, 5) is 0. The van der Waals surface area contributed by atoms with E-state index < -0.39 is 6.10 Å². The molecule has 0 saturated carbocycles.